The van der Waals surface area contributed by atoms with Crippen LogP contribution in [0.1, 0.15) is 11.4 Å². The Kier molecular flexibility index (Phi) is 5.29. The van der Waals surface area contributed by atoms with Gasteiger partial charge < -0.3 is 10.0 Å². The summed E-state index contributed by atoms with van der Waals surface area (Å²) >= 11 is 1.33. The van der Waals surface area contributed by atoms with Crippen LogP contribution in [0.3, 0.4) is 0 Å². The second-order valence-electron chi connectivity index (χ2n) is 6.54. The number of nitrogens with zero attached hydrogens (tertiary/aromatic N) is 4. The Bertz CT molecular complexity index is 1030. The van der Waals surface area contributed by atoms with Gasteiger partial charge in [0.1, 0.15) is 11.6 Å². The van der Waals surface area contributed by atoms with Crippen LogP contribution in [0.2, 0.25) is 0 Å². The average Bonchev–Trinajstić information content (AvgIpc) is 3.19. The van der Waals surface area contributed by atoms with Gasteiger partial charge in [0.05, 0.1) is 4.90 Å². The van der Waals surface area contributed by atoms with Crippen molar-refractivity contribution in [3.05, 3.63) is 66.0 Å². The largest absolute Gasteiger partial charge is 0.508 e. The van der Waals surface area contributed by atoms with Crippen molar-refractivity contribution >= 4 is 26.7 Å². The number of phenolic OH excluding ortho intramolecular Hbond substituents is 1. The topological polar surface area (TPSA) is 86.6 Å². The summed E-state index contributed by atoms with van der Waals surface area (Å²) in [5.74, 6) is 0.962. The maximum Gasteiger partial charge on any atom is 0.243 e. The Labute approximate surface area is 168 Å². The van der Waals surface area contributed by atoms with Gasteiger partial charge in [-0.15, -0.1) is 0 Å². The first-order valence-corrected chi connectivity index (χ1v) is 11.1. The molecule has 2 heterocycles. The molecule has 1 aromatic heterocycles. The monoisotopic (exact) mass is 416 g/mol. The van der Waals surface area contributed by atoms with Crippen LogP contribution in [0.4, 0.5) is 5.13 Å². The van der Waals surface area contributed by atoms with E-state index in [0.717, 1.165) is 16.5 Å². The van der Waals surface area contributed by atoms with Crippen LogP contribution >= 0.6 is 11.5 Å². The number of phenols is 1. The number of sulfonamides is 1. The van der Waals surface area contributed by atoms with Crippen LogP contribution in [0, 0.1) is 0 Å². The van der Waals surface area contributed by atoms with Crippen LogP contribution in [-0.2, 0) is 16.4 Å². The first-order valence-electron chi connectivity index (χ1n) is 8.93. The maximum atomic E-state index is 12.7. The van der Waals surface area contributed by atoms with E-state index < -0.39 is 10.0 Å². The molecule has 146 valence electrons. The van der Waals surface area contributed by atoms with Crippen molar-refractivity contribution in [2.24, 2.45) is 0 Å². The van der Waals surface area contributed by atoms with Crippen molar-refractivity contribution in [2.45, 2.75) is 11.3 Å². The molecule has 9 heteroatoms. The van der Waals surface area contributed by atoms with Gasteiger partial charge in [-0.25, -0.2) is 13.4 Å². The molecule has 28 heavy (non-hydrogen) atoms. The van der Waals surface area contributed by atoms with Crippen LogP contribution in [0.25, 0.3) is 0 Å². The molecule has 1 saturated heterocycles. The van der Waals surface area contributed by atoms with Gasteiger partial charge in [-0.1, -0.05) is 30.3 Å². The lowest BCUT2D eigenvalue weighted by molar-refractivity contribution is 0.384. The highest BCUT2D eigenvalue weighted by Gasteiger charge is 2.29. The molecule has 0 spiro atoms. The fourth-order valence-electron chi connectivity index (χ4n) is 3.10. The van der Waals surface area contributed by atoms with Crippen molar-refractivity contribution in [3.63, 3.8) is 0 Å². The van der Waals surface area contributed by atoms with E-state index in [2.05, 4.69) is 14.3 Å². The van der Waals surface area contributed by atoms with E-state index in [0.29, 0.717) is 37.5 Å². The standard InChI is InChI=1S/C19H20N4O3S2/c24-16-8-6-15(7-9-16)14-18-20-19(27-21-18)22-10-12-23(13-11-22)28(25,26)17-4-2-1-3-5-17/h1-9,24H,10-14H2. The summed E-state index contributed by atoms with van der Waals surface area (Å²) in [6.07, 6.45) is 0.596. The second kappa shape index (κ2) is 7.86. The van der Waals surface area contributed by atoms with E-state index in [-0.39, 0.29) is 5.75 Å². The average molecular weight is 417 g/mol. The minimum absolute atomic E-state index is 0.235. The molecular formula is C19H20N4O3S2. The molecule has 0 atom stereocenters. The summed E-state index contributed by atoms with van der Waals surface area (Å²) in [7, 11) is -3.45. The van der Waals surface area contributed by atoms with Crippen LogP contribution < -0.4 is 4.90 Å². The Hall–Kier alpha value is -2.49. The van der Waals surface area contributed by atoms with Crippen LogP contribution in [-0.4, -0.2) is 53.4 Å². The Morgan fingerprint density at radius 3 is 2.32 bits per heavy atom. The molecule has 0 amide bonds. The van der Waals surface area contributed by atoms with Gasteiger partial charge in [0.25, 0.3) is 0 Å². The molecule has 1 aliphatic heterocycles. The summed E-state index contributed by atoms with van der Waals surface area (Å²) in [5, 5.41) is 10.2. The van der Waals surface area contributed by atoms with Crippen molar-refractivity contribution in [1.29, 1.82) is 0 Å². The Balaban J connectivity index is 1.39. The predicted molar refractivity (Wildman–Crippen MR) is 108 cm³/mol. The first kappa shape index (κ1) is 18.9. The Morgan fingerprint density at radius 1 is 0.964 bits per heavy atom. The van der Waals surface area contributed by atoms with Gasteiger partial charge in [-0.3, -0.25) is 0 Å². The number of hydrogen-bond donors (Lipinski definition) is 1. The molecular weight excluding hydrogens is 396 g/mol. The molecule has 0 saturated carbocycles. The van der Waals surface area contributed by atoms with Gasteiger partial charge >= 0.3 is 0 Å². The summed E-state index contributed by atoms with van der Waals surface area (Å²) in [6, 6.07) is 15.5. The van der Waals surface area contributed by atoms with Crippen molar-refractivity contribution < 1.29 is 13.5 Å². The third-order valence-corrected chi connectivity index (χ3v) is 7.37. The highest BCUT2D eigenvalue weighted by Crippen LogP contribution is 2.23. The molecule has 1 fully saturated rings. The minimum atomic E-state index is -3.45. The van der Waals surface area contributed by atoms with E-state index in [9.17, 15) is 13.5 Å². The fourth-order valence-corrected chi connectivity index (χ4v) is 5.28. The zero-order valence-corrected chi connectivity index (χ0v) is 16.7. The highest BCUT2D eigenvalue weighted by molar-refractivity contribution is 7.89. The lowest BCUT2D eigenvalue weighted by Crippen LogP contribution is -2.48. The Morgan fingerprint density at radius 2 is 1.64 bits per heavy atom. The first-order chi connectivity index (χ1) is 13.5. The van der Waals surface area contributed by atoms with E-state index in [1.807, 2.05) is 18.2 Å². The van der Waals surface area contributed by atoms with Gasteiger partial charge in [0.15, 0.2) is 0 Å². The number of piperazine rings is 1. The molecule has 0 radical (unpaired) electrons. The highest BCUT2D eigenvalue weighted by atomic mass is 32.2. The smallest absolute Gasteiger partial charge is 0.243 e. The lowest BCUT2D eigenvalue weighted by Gasteiger charge is -2.33. The number of rotatable bonds is 5. The fraction of sp³-hybridized carbons (Fsp3) is 0.263. The van der Waals surface area contributed by atoms with Gasteiger partial charge in [0, 0.05) is 44.1 Å². The quantitative estimate of drug-likeness (QED) is 0.687. The molecule has 0 aliphatic carbocycles. The summed E-state index contributed by atoms with van der Waals surface area (Å²) in [5.41, 5.74) is 1.03. The normalized spacial score (nSPS) is 15.6. The molecule has 2 aromatic carbocycles. The van der Waals surface area contributed by atoms with E-state index in [1.165, 1.54) is 15.8 Å². The molecule has 7 nitrogen and oxygen atoms in total. The van der Waals surface area contributed by atoms with Gasteiger partial charge in [-0.2, -0.15) is 8.68 Å². The van der Waals surface area contributed by atoms with Crippen molar-refractivity contribution in [2.75, 3.05) is 31.1 Å². The summed E-state index contributed by atoms with van der Waals surface area (Å²) in [4.78, 5) is 7.01. The maximum absolute atomic E-state index is 12.7. The third kappa shape index (κ3) is 4.01. The number of aromatic nitrogens is 2. The number of anilines is 1. The predicted octanol–water partition coefficient (Wildman–Crippen LogP) is 2.35. The number of hydrogen-bond acceptors (Lipinski definition) is 7. The van der Waals surface area contributed by atoms with Gasteiger partial charge in [-0.05, 0) is 29.8 Å². The summed E-state index contributed by atoms with van der Waals surface area (Å²) in [6.45, 7) is 2.01. The van der Waals surface area contributed by atoms with Crippen molar-refractivity contribution in [1.82, 2.24) is 13.7 Å². The third-order valence-electron chi connectivity index (χ3n) is 4.65. The van der Waals surface area contributed by atoms with Gasteiger partial charge in [0.2, 0.25) is 15.2 Å². The van der Waals surface area contributed by atoms with E-state index >= 15 is 0 Å². The molecule has 0 bridgehead atoms. The number of benzene rings is 2. The van der Waals surface area contributed by atoms with Crippen LogP contribution in [0.5, 0.6) is 5.75 Å². The van der Waals surface area contributed by atoms with E-state index in [1.54, 1.807) is 36.4 Å². The SMILES string of the molecule is O=S(=O)(c1ccccc1)N1CCN(c2nc(Cc3ccc(O)cc3)ns2)CC1. The summed E-state index contributed by atoms with van der Waals surface area (Å²) < 4.78 is 31.4. The second-order valence-corrected chi connectivity index (χ2v) is 9.21. The molecule has 1 N–H and O–H groups in total. The molecule has 0 unspecified atom stereocenters. The lowest BCUT2D eigenvalue weighted by atomic mass is 10.1. The molecule has 3 aromatic rings. The number of aromatic hydroxyl groups is 1. The minimum Gasteiger partial charge on any atom is -0.508 e. The van der Waals surface area contributed by atoms with Crippen LogP contribution in [0.15, 0.2) is 59.5 Å². The zero-order chi connectivity index (χ0) is 19.6. The van der Waals surface area contributed by atoms with Crippen molar-refractivity contribution in [3.8, 4) is 5.75 Å². The zero-order valence-electron chi connectivity index (χ0n) is 15.1. The molecule has 1 aliphatic rings. The van der Waals surface area contributed by atoms with E-state index in [4.69, 9.17) is 0 Å². The molecule has 4 rings (SSSR count).